The summed E-state index contributed by atoms with van der Waals surface area (Å²) in [5.41, 5.74) is 1.61. The summed E-state index contributed by atoms with van der Waals surface area (Å²) in [7, 11) is -2.02. The van der Waals surface area contributed by atoms with Crippen molar-refractivity contribution in [1.29, 1.82) is 0 Å². The van der Waals surface area contributed by atoms with Crippen molar-refractivity contribution < 1.29 is 9.22 Å². The topological polar surface area (TPSA) is 26.3 Å². The Morgan fingerprint density at radius 1 is 0.941 bits per heavy atom. The van der Waals surface area contributed by atoms with Gasteiger partial charge in [0.05, 0.1) is 0 Å². The molecule has 17 heavy (non-hydrogen) atoms. The van der Waals surface area contributed by atoms with E-state index in [2.05, 4.69) is 41.5 Å². The van der Waals surface area contributed by atoms with Crippen LogP contribution in [0.3, 0.4) is 0 Å². The van der Waals surface area contributed by atoms with Gasteiger partial charge in [0.25, 0.3) is 14.3 Å². The van der Waals surface area contributed by atoms with E-state index in [-0.39, 0.29) is 5.97 Å². The SMILES string of the molecule is CCC(C)[Si](OC(C)=O)(C(C)CC)C(C)CC. The monoisotopic (exact) mass is 258 g/mol. The Balaban J connectivity index is 5.42. The van der Waals surface area contributed by atoms with Crippen molar-refractivity contribution in [2.75, 3.05) is 0 Å². The zero-order valence-electron chi connectivity index (χ0n) is 12.7. The Bertz CT molecular complexity index is 214. The lowest BCUT2D eigenvalue weighted by atomic mass is 10.3. The maximum Gasteiger partial charge on any atom is 0.289 e. The van der Waals surface area contributed by atoms with Crippen LogP contribution in [0.2, 0.25) is 16.6 Å². The van der Waals surface area contributed by atoms with Crippen LogP contribution < -0.4 is 0 Å². The van der Waals surface area contributed by atoms with Gasteiger partial charge in [-0.3, -0.25) is 4.79 Å². The van der Waals surface area contributed by atoms with Gasteiger partial charge >= 0.3 is 0 Å². The highest BCUT2D eigenvalue weighted by Crippen LogP contribution is 2.46. The number of carbonyl (C=O) groups is 1. The maximum atomic E-state index is 11.5. The number of carbonyl (C=O) groups excluding carboxylic acids is 1. The van der Waals surface area contributed by atoms with Crippen LogP contribution in [0.25, 0.3) is 0 Å². The largest absolute Gasteiger partial charge is 0.518 e. The summed E-state index contributed by atoms with van der Waals surface area (Å²) in [4.78, 5) is 11.5. The van der Waals surface area contributed by atoms with Crippen molar-refractivity contribution in [3.8, 4) is 0 Å². The second kappa shape index (κ2) is 7.19. The van der Waals surface area contributed by atoms with Gasteiger partial charge in [-0.05, 0) is 16.6 Å². The van der Waals surface area contributed by atoms with Crippen molar-refractivity contribution in [3.05, 3.63) is 0 Å². The van der Waals surface area contributed by atoms with Gasteiger partial charge in [-0.2, -0.15) is 0 Å². The molecule has 0 spiro atoms. The standard InChI is InChI=1S/C14H30O2Si/c1-8-11(4)17(12(5)9-2,13(6)10-3)16-14(7)15/h11-13H,8-10H2,1-7H3. The molecule has 0 aliphatic rings. The first kappa shape index (κ1) is 16.7. The van der Waals surface area contributed by atoms with E-state index in [1.54, 1.807) is 6.92 Å². The van der Waals surface area contributed by atoms with E-state index in [0.717, 1.165) is 19.3 Å². The van der Waals surface area contributed by atoms with Gasteiger partial charge in [0.15, 0.2) is 0 Å². The zero-order valence-corrected chi connectivity index (χ0v) is 13.7. The van der Waals surface area contributed by atoms with Crippen LogP contribution in [-0.2, 0) is 9.22 Å². The van der Waals surface area contributed by atoms with Gasteiger partial charge in [0.2, 0.25) is 0 Å². The van der Waals surface area contributed by atoms with Gasteiger partial charge in [0, 0.05) is 6.92 Å². The Labute approximate surface area is 108 Å². The van der Waals surface area contributed by atoms with Crippen molar-refractivity contribution in [1.82, 2.24) is 0 Å². The molecule has 3 atom stereocenters. The minimum absolute atomic E-state index is 0.0856. The lowest BCUT2D eigenvalue weighted by molar-refractivity contribution is -0.133. The number of hydrogen-bond acceptors (Lipinski definition) is 2. The third-order valence-electron chi connectivity index (χ3n) is 4.47. The van der Waals surface area contributed by atoms with Crippen molar-refractivity contribution in [3.63, 3.8) is 0 Å². The smallest absolute Gasteiger partial charge is 0.289 e. The second-order valence-electron chi connectivity index (χ2n) is 5.38. The molecule has 102 valence electrons. The predicted molar refractivity (Wildman–Crippen MR) is 76.7 cm³/mol. The first-order chi connectivity index (χ1) is 7.86. The van der Waals surface area contributed by atoms with E-state index in [4.69, 9.17) is 4.43 Å². The summed E-state index contributed by atoms with van der Waals surface area (Å²) in [6, 6.07) is 0. The molecule has 0 aromatic rings. The highest BCUT2D eigenvalue weighted by atomic mass is 28.4. The van der Waals surface area contributed by atoms with Crippen molar-refractivity contribution >= 4 is 14.3 Å². The molecule has 0 aromatic heterocycles. The maximum absolute atomic E-state index is 11.5. The Morgan fingerprint density at radius 3 is 1.41 bits per heavy atom. The summed E-state index contributed by atoms with van der Waals surface area (Å²) in [6.07, 6.45) is 3.32. The van der Waals surface area contributed by atoms with Crippen molar-refractivity contribution in [2.45, 2.75) is 84.4 Å². The second-order valence-corrected chi connectivity index (χ2v) is 10.2. The highest BCUT2D eigenvalue weighted by Gasteiger charge is 2.50. The molecule has 0 saturated heterocycles. The van der Waals surface area contributed by atoms with Crippen LogP contribution in [0.5, 0.6) is 0 Å². The molecular weight excluding hydrogens is 228 g/mol. The minimum Gasteiger partial charge on any atom is -0.518 e. The molecule has 2 nitrogen and oxygen atoms in total. The Morgan fingerprint density at radius 2 is 1.24 bits per heavy atom. The molecule has 3 unspecified atom stereocenters. The van der Waals surface area contributed by atoms with Crippen LogP contribution in [0.1, 0.15) is 67.7 Å². The molecule has 0 rings (SSSR count). The average molecular weight is 258 g/mol. The summed E-state index contributed by atoms with van der Waals surface area (Å²) in [6.45, 7) is 15.0. The van der Waals surface area contributed by atoms with Crippen LogP contribution in [0, 0.1) is 0 Å². The van der Waals surface area contributed by atoms with E-state index in [1.807, 2.05) is 0 Å². The fraction of sp³-hybridized carbons (Fsp3) is 0.929. The molecule has 3 heteroatoms. The number of hydrogen-bond donors (Lipinski definition) is 0. The third-order valence-corrected chi connectivity index (χ3v) is 11.0. The average Bonchev–Trinajstić information content (AvgIpc) is 2.32. The van der Waals surface area contributed by atoms with Crippen LogP contribution in [0.4, 0.5) is 0 Å². The molecule has 0 saturated carbocycles. The molecule has 0 aromatic carbocycles. The van der Waals surface area contributed by atoms with E-state index in [9.17, 15) is 4.79 Å². The lowest BCUT2D eigenvalue weighted by Gasteiger charge is -2.44. The predicted octanol–water partition coefficient (Wildman–Crippen LogP) is 4.90. The van der Waals surface area contributed by atoms with E-state index in [0.29, 0.717) is 16.6 Å². The van der Waals surface area contributed by atoms with Crippen LogP contribution >= 0.6 is 0 Å². The van der Waals surface area contributed by atoms with Crippen LogP contribution in [-0.4, -0.2) is 14.3 Å². The minimum atomic E-state index is -2.02. The first-order valence-electron chi connectivity index (χ1n) is 7.06. The molecule has 0 N–H and O–H groups in total. The molecule has 0 bridgehead atoms. The Kier molecular flexibility index (Phi) is 7.06. The van der Waals surface area contributed by atoms with Crippen molar-refractivity contribution in [2.24, 2.45) is 0 Å². The normalized spacial score (nSPS) is 20.2. The quantitative estimate of drug-likeness (QED) is 0.607. The van der Waals surface area contributed by atoms with E-state index >= 15 is 0 Å². The van der Waals surface area contributed by atoms with E-state index in [1.165, 1.54) is 0 Å². The fourth-order valence-electron chi connectivity index (χ4n) is 2.96. The molecule has 0 heterocycles. The number of rotatable bonds is 7. The molecule has 0 aliphatic heterocycles. The molecule has 0 amide bonds. The summed E-state index contributed by atoms with van der Waals surface area (Å²) < 4.78 is 6.00. The van der Waals surface area contributed by atoms with Crippen LogP contribution in [0.15, 0.2) is 0 Å². The van der Waals surface area contributed by atoms with Gasteiger partial charge in [-0.1, -0.05) is 60.8 Å². The van der Waals surface area contributed by atoms with Gasteiger partial charge in [-0.25, -0.2) is 0 Å². The molecular formula is C14H30O2Si. The third kappa shape index (κ3) is 3.57. The summed E-state index contributed by atoms with van der Waals surface area (Å²) in [5, 5.41) is 0. The van der Waals surface area contributed by atoms with Gasteiger partial charge in [-0.15, -0.1) is 0 Å². The Hall–Kier alpha value is -0.313. The molecule has 0 aliphatic carbocycles. The zero-order chi connectivity index (χ0) is 13.6. The summed E-state index contributed by atoms with van der Waals surface area (Å²) >= 11 is 0. The molecule has 0 fully saturated rings. The summed E-state index contributed by atoms with van der Waals surface area (Å²) in [5.74, 6) is -0.0856. The molecule has 0 radical (unpaired) electrons. The lowest BCUT2D eigenvalue weighted by Crippen LogP contribution is -2.50. The van der Waals surface area contributed by atoms with Gasteiger partial charge < -0.3 is 4.43 Å². The fourth-order valence-corrected chi connectivity index (χ4v) is 8.89. The van der Waals surface area contributed by atoms with Gasteiger partial charge in [0.1, 0.15) is 0 Å². The highest BCUT2D eigenvalue weighted by molar-refractivity contribution is 6.79. The first-order valence-corrected chi connectivity index (χ1v) is 9.20. The van der Waals surface area contributed by atoms with E-state index < -0.39 is 8.32 Å².